The van der Waals surface area contributed by atoms with E-state index >= 15 is 0 Å². The highest BCUT2D eigenvalue weighted by atomic mass is 32.2. The molecular formula is C14H17N3O2S. The van der Waals surface area contributed by atoms with Gasteiger partial charge in [-0.25, -0.2) is 0 Å². The van der Waals surface area contributed by atoms with Crippen LogP contribution < -0.4 is 10.5 Å². The van der Waals surface area contributed by atoms with Gasteiger partial charge >= 0.3 is 0 Å². The van der Waals surface area contributed by atoms with Crippen molar-refractivity contribution in [2.45, 2.75) is 18.4 Å². The van der Waals surface area contributed by atoms with Crippen LogP contribution in [-0.4, -0.2) is 28.8 Å². The standard InChI is InChI=1S/C14H17N3O2S/c1-20-7-6-11(15)14-16-13(17-19-14)10-8-18-12-5-3-2-4-9(10)12/h2-5,10-11H,6-8,15H2,1H3/t10?,11-/m0/s1. The van der Waals surface area contributed by atoms with Crippen LogP contribution in [0.1, 0.15) is 35.7 Å². The van der Waals surface area contributed by atoms with Gasteiger partial charge in [0.15, 0.2) is 5.82 Å². The van der Waals surface area contributed by atoms with Crippen LogP contribution >= 0.6 is 11.8 Å². The second-order valence-electron chi connectivity index (χ2n) is 4.78. The third-order valence-corrected chi connectivity index (χ3v) is 4.06. The Morgan fingerprint density at radius 2 is 2.30 bits per heavy atom. The topological polar surface area (TPSA) is 74.2 Å². The maximum atomic E-state index is 6.05. The summed E-state index contributed by atoms with van der Waals surface area (Å²) in [6.45, 7) is 0.554. The van der Waals surface area contributed by atoms with E-state index in [-0.39, 0.29) is 12.0 Å². The van der Waals surface area contributed by atoms with Gasteiger partial charge in [-0.3, -0.25) is 0 Å². The number of hydrogen-bond acceptors (Lipinski definition) is 6. The third-order valence-electron chi connectivity index (χ3n) is 3.42. The van der Waals surface area contributed by atoms with E-state index < -0.39 is 0 Å². The van der Waals surface area contributed by atoms with Gasteiger partial charge in [0.05, 0.1) is 12.0 Å². The Hall–Kier alpha value is -1.53. The Morgan fingerprint density at radius 3 is 3.15 bits per heavy atom. The summed E-state index contributed by atoms with van der Waals surface area (Å²) in [5.74, 6) is 3.09. The van der Waals surface area contributed by atoms with Gasteiger partial charge in [-0.2, -0.15) is 16.7 Å². The molecular weight excluding hydrogens is 274 g/mol. The fourth-order valence-electron chi connectivity index (χ4n) is 2.28. The monoisotopic (exact) mass is 291 g/mol. The van der Waals surface area contributed by atoms with E-state index in [1.165, 1.54) is 0 Å². The SMILES string of the molecule is CSCC[C@H](N)c1nc(C2COc3ccccc32)no1. The maximum absolute atomic E-state index is 6.05. The Balaban J connectivity index is 1.78. The molecule has 0 spiro atoms. The first-order valence-corrected chi connectivity index (χ1v) is 7.98. The lowest BCUT2D eigenvalue weighted by atomic mass is 10.0. The third kappa shape index (κ3) is 2.53. The van der Waals surface area contributed by atoms with Crippen molar-refractivity contribution in [3.8, 4) is 5.75 Å². The fraction of sp³-hybridized carbons (Fsp3) is 0.429. The van der Waals surface area contributed by atoms with Gasteiger partial charge in [-0.15, -0.1) is 0 Å². The molecule has 0 saturated carbocycles. The molecule has 0 aliphatic carbocycles. The van der Waals surface area contributed by atoms with Gasteiger partial charge < -0.3 is 15.0 Å². The number of hydrogen-bond donors (Lipinski definition) is 1. The van der Waals surface area contributed by atoms with Crippen molar-refractivity contribution in [3.63, 3.8) is 0 Å². The number of aromatic nitrogens is 2. The number of thioether (sulfide) groups is 1. The normalized spacial score (nSPS) is 18.6. The van der Waals surface area contributed by atoms with E-state index in [2.05, 4.69) is 16.4 Å². The number of rotatable bonds is 5. The predicted molar refractivity (Wildman–Crippen MR) is 78.0 cm³/mol. The second kappa shape index (κ2) is 5.85. The molecule has 0 amide bonds. The minimum absolute atomic E-state index is 0.0384. The van der Waals surface area contributed by atoms with Crippen molar-refractivity contribution in [1.29, 1.82) is 0 Å². The van der Waals surface area contributed by atoms with Crippen LogP contribution in [0.4, 0.5) is 0 Å². The molecule has 0 bridgehead atoms. The number of nitrogens with two attached hydrogens (primary N) is 1. The highest BCUT2D eigenvalue weighted by Crippen LogP contribution is 2.36. The van der Waals surface area contributed by atoms with E-state index in [4.69, 9.17) is 15.0 Å². The van der Waals surface area contributed by atoms with Gasteiger partial charge in [0, 0.05) is 5.56 Å². The molecule has 2 aromatic rings. The average molecular weight is 291 g/mol. The van der Waals surface area contributed by atoms with Crippen LogP contribution in [0.15, 0.2) is 28.8 Å². The van der Waals surface area contributed by atoms with Crippen molar-refractivity contribution >= 4 is 11.8 Å². The van der Waals surface area contributed by atoms with Crippen molar-refractivity contribution in [1.82, 2.24) is 10.1 Å². The van der Waals surface area contributed by atoms with Crippen molar-refractivity contribution in [2.24, 2.45) is 5.73 Å². The number of nitrogens with zero attached hydrogens (tertiary/aromatic N) is 2. The summed E-state index contributed by atoms with van der Waals surface area (Å²) in [4.78, 5) is 4.45. The van der Waals surface area contributed by atoms with Crippen LogP contribution in [0.25, 0.3) is 0 Å². The number of ether oxygens (including phenoxy) is 1. The minimum Gasteiger partial charge on any atom is -0.492 e. The van der Waals surface area contributed by atoms with Crippen molar-refractivity contribution in [2.75, 3.05) is 18.6 Å². The molecule has 2 N–H and O–H groups in total. The number of para-hydroxylation sites is 1. The van der Waals surface area contributed by atoms with Crippen LogP contribution in [-0.2, 0) is 0 Å². The minimum atomic E-state index is -0.193. The van der Waals surface area contributed by atoms with E-state index in [0.717, 1.165) is 23.5 Å². The summed E-state index contributed by atoms with van der Waals surface area (Å²) in [5, 5.41) is 4.07. The zero-order chi connectivity index (χ0) is 13.9. The smallest absolute Gasteiger partial charge is 0.243 e. The molecule has 1 aromatic heterocycles. The first kappa shape index (κ1) is 13.5. The first-order valence-electron chi connectivity index (χ1n) is 6.59. The summed E-state index contributed by atoms with van der Waals surface area (Å²) in [7, 11) is 0. The molecule has 106 valence electrons. The quantitative estimate of drug-likeness (QED) is 0.911. The molecule has 2 atom stereocenters. The number of fused-ring (bicyclic) bond motifs is 1. The lowest BCUT2D eigenvalue weighted by molar-refractivity contribution is 0.327. The van der Waals surface area contributed by atoms with Crippen molar-refractivity contribution in [3.05, 3.63) is 41.5 Å². The molecule has 1 aromatic carbocycles. The molecule has 0 saturated heterocycles. The van der Waals surface area contributed by atoms with Gasteiger partial charge in [0.2, 0.25) is 5.89 Å². The van der Waals surface area contributed by atoms with E-state index in [1.807, 2.05) is 24.3 Å². The largest absolute Gasteiger partial charge is 0.492 e. The molecule has 6 heteroatoms. The highest BCUT2D eigenvalue weighted by Gasteiger charge is 2.30. The zero-order valence-electron chi connectivity index (χ0n) is 11.3. The maximum Gasteiger partial charge on any atom is 0.243 e. The van der Waals surface area contributed by atoms with Crippen molar-refractivity contribution < 1.29 is 9.26 Å². The molecule has 20 heavy (non-hydrogen) atoms. The molecule has 1 aliphatic heterocycles. The fourth-order valence-corrected chi connectivity index (χ4v) is 2.77. The Morgan fingerprint density at radius 1 is 1.45 bits per heavy atom. The van der Waals surface area contributed by atoms with Crippen LogP contribution in [0.2, 0.25) is 0 Å². The summed E-state index contributed by atoms with van der Waals surface area (Å²) in [6.07, 6.45) is 2.89. The van der Waals surface area contributed by atoms with Crippen LogP contribution in [0.3, 0.4) is 0 Å². The van der Waals surface area contributed by atoms with Gasteiger partial charge in [-0.1, -0.05) is 23.4 Å². The van der Waals surface area contributed by atoms with E-state index in [0.29, 0.717) is 18.3 Å². The molecule has 1 aliphatic rings. The summed E-state index contributed by atoms with van der Waals surface area (Å²) in [6, 6.07) is 7.76. The molecule has 0 fully saturated rings. The average Bonchev–Trinajstić information content (AvgIpc) is 3.10. The lowest BCUT2D eigenvalue weighted by Gasteiger charge is -2.04. The molecule has 0 radical (unpaired) electrons. The van der Waals surface area contributed by atoms with Gasteiger partial charge in [0.25, 0.3) is 0 Å². The highest BCUT2D eigenvalue weighted by molar-refractivity contribution is 7.98. The van der Waals surface area contributed by atoms with Gasteiger partial charge in [-0.05, 0) is 24.5 Å². The molecule has 1 unspecified atom stereocenters. The molecule has 2 heterocycles. The van der Waals surface area contributed by atoms with Crippen LogP contribution in [0.5, 0.6) is 5.75 Å². The second-order valence-corrected chi connectivity index (χ2v) is 5.77. The van der Waals surface area contributed by atoms with E-state index in [1.54, 1.807) is 11.8 Å². The first-order chi connectivity index (χ1) is 9.79. The Bertz CT molecular complexity index is 587. The summed E-state index contributed by atoms with van der Waals surface area (Å²) in [5.41, 5.74) is 7.16. The molecule has 5 nitrogen and oxygen atoms in total. The Labute approximate surface area is 121 Å². The summed E-state index contributed by atoms with van der Waals surface area (Å²) >= 11 is 1.76. The predicted octanol–water partition coefficient (Wildman–Crippen LogP) is 2.35. The zero-order valence-corrected chi connectivity index (χ0v) is 12.1. The molecule has 3 rings (SSSR count). The Kier molecular flexibility index (Phi) is 3.93. The van der Waals surface area contributed by atoms with Crippen LogP contribution in [0, 0.1) is 0 Å². The van der Waals surface area contributed by atoms with E-state index in [9.17, 15) is 0 Å². The van der Waals surface area contributed by atoms with Gasteiger partial charge in [0.1, 0.15) is 12.4 Å². The summed E-state index contributed by atoms with van der Waals surface area (Å²) < 4.78 is 10.9. The lowest BCUT2D eigenvalue weighted by Crippen LogP contribution is -2.12. The number of benzene rings is 1.